The van der Waals surface area contributed by atoms with E-state index in [2.05, 4.69) is 31.5 Å². The van der Waals surface area contributed by atoms with Gasteiger partial charge in [0.2, 0.25) is 5.91 Å². The summed E-state index contributed by atoms with van der Waals surface area (Å²) in [7, 11) is 0. The number of nitrogens with one attached hydrogen (secondary N) is 2. The van der Waals surface area contributed by atoms with Gasteiger partial charge in [0.25, 0.3) is 5.91 Å². The third-order valence-electron chi connectivity index (χ3n) is 4.99. The molecule has 0 spiro atoms. The molecule has 0 bridgehead atoms. The lowest BCUT2D eigenvalue weighted by Crippen LogP contribution is -2.48. The molecule has 9 heteroatoms. The van der Waals surface area contributed by atoms with Gasteiger partial charge in [-0.1, -0.05) is 34.5 Å². The largest absolute Gasteiger partial charge is 0.368 e. The minimum Gasteiger partial charge on any atom is -0.368 e. The van der Waals surface area contributed by atoms with Crippen LogP contribution >= 0.6 is 39.7 Å². The predicted molar refractivity (Wildman–Crippen MR) is 133 cm³/mol. The number of carbonyl (C=O) groups is 2. The highest BCUT2D eigenvalue weighted by Crippen LogP contribution is 2.22. The van der Waals surface area contributed by atoms with Crippen LogP contribution in [0.1, 0.15) is 30.1 Å². The molecule has 0 atom stereocenters. The van der Waals surface area contributed by atoms with Crippen molar-refractivity contribution >= 4 is 68.1 Å². The number of hydrogen-bond acceptors (Lipinski definition) is 4. The smallest absolute Gasteiger partial charge is 0.258 e. The van der Waals surface area contributed by atoms with Gasteiger partial charge < -0.3 is 15.1 Å². The van der Waals surface area contributed by atoms with Crippen LogP contribution in [0.25, 0.3) is 0 Å². The molecule has 2 aromatic carbocycles. The van der Waals surface area contributed by atoms with Crippen LogP contribution in [0.2, 0.25) is 5.02 Å². The maximum atomic E-state index is 12.4. The number of amides is 2. The summed E-state index contributed by atoms with van der Waals surface area (Å²) in [6.07, 6.45) is 1.50. The molecule has 2 amide bonds. The Balaban J connectivity index is 1.52. The molecule has 3 rings (SSSR count). The van der Waals surface area contributed by atoms with Crippen molar-refractivity contribution in [3.63, 3.8) is 0 Å². The van der Waals surface area contributed by atoms with Gasteiger partial charge in [0.05, 0.1) is 10.6 Å². The molecule has 0 radical (unpaired) electrons. The highest BCUT2D eigenvalue weighted by molar-refractivity contribution is 9.10. The zero-order valence-corrected chi connectivity index (χ0v) is 20.3. The van der Waals surface area contributed by atoms with Crippen molar-refractivity contribution in [3.05, 3.63) is 57.5 Å². The van der Waals surface area contributed by atoms with E-state index in [1.165, 1.54) is 0 Å². The second-order valence-electron chi connectivity index (χ2n) is 7.20. The summed E-state index contributed by atoms with van der Waals surface area (Å²) in [4.78, 5) is 28.7. The summed E-state index contributed by atoms with van der Waals surface area (Å²) in [6, 6.07) is 12.9. The summed E-state index contributed by atoms with van der Waals surface area (Å²) < 4.78 is 0.757. The molecule has 164 valence electrons. The molecule has 2 N–H and O–H groups in total. The fourth-order valence-electron chi connectivity index (χ4n) is 3.35. The number of benzene rings is 2. The van der Waals surface area contributed by atoms with Gasteiger partial charge in [-0.3, -0.25) is 14.9 Å². The van der Waals surface area contributed by atoms with Crippen LogP contribution in [0, 0.1) is 0 Å². The maximum absolute atomic E-state index is 12.4. The van der Waals surface area contributed by atoms with Crippen molar-refractivity contribution in [2.75, 3.05) is 36.4 Å². The van der Waals surface area contributed by atoms with E-state index in [1.807, 2.05) is 36.1 Å². The zero-order chi connectivity index (χ0) is 22.4. The van der Waals surface area contributed by atoms with Crippen LogP contribution in [0.3, 0.4) is 0 Å². The molecule has 1 aliphatic rings. The quantitative estimate of drug-likeness (QED) is 0.557. The molecular formula is C22H24BrClN4O2S. The Morgan fingerprint density at radius 3 is 2.42 bits per heavy atom. The molecule has 0 aliphatic carbocycles. The van der Waals surface area contributed by atoms with Gasteiger partial charge in [0, 0.05) is 48.4 Å². The molecule has 31 heavy (non-hydrogen) atoms. The van der Waals surface area contributed by atoms with Gasteiger partial charge in [0.15, 0.2) is 5.11 Å². The third-order valence-corrected chi connectivity index (χ3v) is 6.01. The van der Waals surface area contributed by atoms with E-state index in [1.54, 1.807) is 18.2 Å². The summed E-state index contributed by atoms with van der Waals surface area (Å²) >= 11 is 14.7. The number of anilines is 2. The van der Waals surface area contributed by atoms with Crippen LogP contribution in [0.15, 0.2) is 46.9 Å². The Kier molecular flexibility index (Phi) is 8.28. The third kappa shape index (κ3) is 6.41. The van der Waals surface area contributed by atoms with Gasteiger partial charge >= 0.3 is 0 Å². The molecular weight excluding hydrogens is 500 g/mol. The Bertz CT molecular complexity index is 962. The van der Waals surface area contributed by atoms with E-state index in [0.29, 0.717) is 17.0 Å². The molecule has 0 aromatic heterocycles. The maximum Gasteiger partial charge on any atom is 0.258 e. The lowest BCUT2D eigenvalue weighted by atomic mass is 10.2. The number of nitrogens with zero attached hydrogens (tertiary/aromatic N) is 2. The van der Waals surface area contributed by atoms with Crippen LogP contribution in [-0.2, 0) is 4.79 Å². The number of rotatable bonds is 5. The lowest BCUT2D eigenvalue weighted by Gasteiger charge is -2.36. The van der Waals surface area contributed by atoms with Crippen molar-refractivity contribution in [3.8, 4) is 0 Å². The Labute approximate surface area is 201 Å². The summed E-state index contributed by atoms with van der Waals surface area (Å²) in [5, 5.41) is 6.20. The number of hydrogen-bond donors (Lipinski definition) is 2. The molecule has 1 heterocycles. The minimum absolute atomic E-state index is 0.192. The highest BCUT2D eigenvalue weighted by atomic mass is 79.9. The number of piperazine rings is 1. The predicted octanol–water partition coefficient (Wildman–Crippen LogP) is 4.68. The number of halogens is 2. The second kappa shape index (κ2) is 10.9. The fourth-order valence-corrected chi connectivity index (χ4v) is 4.12. The van der Waals surface area contributed by atoms with E-state index < -0.39 is 0 Å². The monoisotopic (exact) mass is 522 g/mol. The molecule has 1 saturated heterocycles. The highest BCUT2D eigenvalue weighted by Gasteiger charge is 2.20. The van der Waals surface area contributed by atoms with Crippen LogP contribution in [0.4, 0.5) is 11.4 Å². The normalized spacial score (nSPS) is 13.6. The SMILES string of the molecule is CCCC(=O)N1CCN(c2ccc(NC(=S)NC(=O)c3cc(Br)ccc3Cl)cc2)CC1. The summed E-state index contributed by atoms with van der Waals surface area (Å²) in [5.74, 6) is -0.141. The van der Waals surface area contributed by atoms with E-state index >= 15 is 0 Å². The lowest BCUT2D eigenvalue weighted by molar-refractivity contribution is -0.131. The first-order chi connectivity index (χ1) is 14.9. The van der Waals surface area contributed by atoms with Crippen LogP contribution in [-0.4, -0.2) is 48.0 Å². The average molecular weight is 524 g/mol. The van der Waals surface area contributed by atoms with E-state index in [0.717, 1.165) is 48.4 Å². The Morgan fingerprint density at radius 2 is 1.77 bits per heavy atom. The van der Waals surface area contributed by atoms with Crippen molar-refractivity contribution in [2.45, 2.75) is 19.8 Å². The first-order valence-corrected chi connectivity index (χ1v) is 11.7. The first kappa shape index (κ1) is 23.5. The fraction of sp³-hybridized carbons (Fsp3) is 0.318. The standard InChI is InChI=1S/C22H24BrClN4O2S/c1-2-3-20(29)28-12-10-27(11-13-28)17-7-5-16(6-8-17)25-22(31)26-21(30)18-14-15(23)4-9-19(18)24/h4-9,14H,2-3,10-13H2,1H3,(H2,25,26,30,31). The second-order valence-corrected chi connectivity index (χ2v) is 8.93. The van der Waals surface area contributed by atoms with Gasteiger partial charge in [-0.25, -0.2) is 0 Å². The minimum atomic E-state index is -0.379. The topological polar surface area (TPSA) is 64.7 Å². The van der Waals surface area contributed by atoms with Crippen molar-refractivity contribution < 1.29 is 9.59 Å². The molecule has 1 fully saturated rings. The molecule has 0 unspecified atom stereocenters. The average Bonchev–Trinajstić information content (AvgIpc) is 2.76. The number of thiocarbonyl (C=S) groups is 1. The molecule has 0 saturated carbocycles. The van der Waals surface area contributed by atoms with Gasteiger partial charge in [-0.2, -0.15) is 0 Å². The van der Waals surface area contributed by atoms with E-state index in [9.17, 15) is 9.59 Å². The van der Waals surface area contributed by atoms with Crippen LogP contribution in [0.5, 0.6) is 0 Å². The van der Waals surface area contributed by atoms with E-state index in [4.69, 9.17) is 23.8 Å². The van der Waals surface area contributed by atoms with Gasteiger partial charge in [-0.15, -0.1) is 0 Å². The van der Waals surface area contributed by atoms with Crippen LogP contribution < -0.4 is 15.5 Å². The Hall–Kier alpha value is -2.16. The van der Waals surface area contributed by atoms with Crippen molar-refractivity contribution in [1.29, 1.82) is 0 Å². The van der Waals surface area contributed by atoms with Crippen molar-refractivity contribution in [1.82, 2.24) is 10.2 Å². The van der Waals surface area contributed by atoms with E-state index in [-0.39, 0.29) is 16.9 Å². The van der Waals surface area contributed by atoms with Crippen molar-refractivity contribution in [2.24, 2.45) is 0 Å². The molecule has 2 aromatic rings. The summed E-state index contributed by atoms with van der Waals surface area (Å²) in [5.41, 5.74) is 2.20. The number of carbonyl (C=O) groups excluding carboxylic acids is 2. The van der Waals surface area contributed by atoms with Gasteiger partial charge in [-0.05, 0) is 61.1 Å². The molecule has 1 aliphatic heterocycles. The van der Waals surface area contributed by atoms with Gasteiger partial charge in [0.1, 0.15) is 0 Å². The zero-order valence-electron chi connectivity index (χ0n) is 17.2. The first-order valence-electron chi connectivity index (χ1n) is 10.1. The summed E-state index contributed by atoms with van der Waals surface area (Å²) in [6.45, 7) is 5.13. The molecule has 6 nitrogen and oxygen atoms in total. The Morgan fingerprint density at radius 1 is 1.10 bits per heavy atom.